The first kappa shape index (κ1) is 15.3. The Balaban J connectivity index is 2.30. The highest BCUT2D eigenvalue weighted by molar-refractivity contribution is 5.49. The molecule has 0 bridgehead atoms. The Kier molecular flexibility index (Phi) is 4.78. The molecule has 112 valence electrons. The molecule has 1 aromatic carbocycles. The van der Waals surface area contributed by atoms with Crippen LogP contribution in [0, 0.1) is 6.92 Å². The first-order chi connectivity index (χ1) is 10.0. The third-order valence-electron chi connectivity index (χ3n) is 3.46. The molecule has 21 heavy (non-hydrogen) atoms. The molecule has 1 N–H and O–H groups in total. The van der Waals surface area contributed by atoms with Gasteiger partial charge in [-0.3, -0.25) is 0 Å². The molecule has 2 rings (SSSR count). The SMILES string of the molecule is CCc1nc(NC)c(C)c(Oc2ccc(C(C)C)cc2)n1. The van der Waals surface area contributed by atoms with E-state index in [1.807, 2.05) is 33.0 Å². The van der Waals surface area contributed by atoms with Crippen LogP contribution in [0.2, 0.25) is 0 Å². The number of ether oxygens (including phenoxy) is 1. The Hall–Kier alpha value is -2.10. The fraction of sp³-hybridized carbons (Fsp3) is 0.412. The van der Waals surface area contributed by atoms with Gasteiger partial charge in [0.1, 0.15) is 17.4 Å². The summed E-state index contributed by atoms with van der Waals surface area (Å²) >= 11 is 0. The number of benzene rings is 1. The maximum absolute atomic E-state index is 5.94. The normalized spacial score (nSPS) is 10.8. The van der Waals surface area contributed by atoms with E-state index in [0.29, 0.717) is 11.8 Å². The molecular formula is C17H23N3O. The molecule has 0 unspecified atom stereocenters. The molecule has 1 aromatic heterocycles. The van der Waals surface area contributed by atoms with Gasteiger partial charge >= 0.3 is 0 Å². The van der Waals surface area contributed by atoms with Crippen molar-refractivity contribution in [2.24, 2.45) is 0 Å². The molecule has 4 heteroatoms. The van der Waals surface area contributed by atoms with Crippen LogP contribution in [0.25, 0.3) is 0 Å². The molecule has 0 fully saturated rings. The van der Waals surface area contributed by atoms with Crippen molar-refractivity contribution in [1.82, 2.24) is 9.97 Å². The highest BCUT2D eigenvalue weighted by atomic mass is 16.5. The third-order valence-corrected chi connectivity index (χ3v) is 3.46. The van der Waals surface area contributed by atoms with Crippen LogP contribution >= 0.6 is 0 Å². The maximum atomic E-state index is 5.94. The van der Waals surface area contributed by atoms with Gasteiger partial charge < -0.3 is 10.1 Å². The Morgan fingerprint density at radius 1 is 1.14 bits per heavy atom. The minimum Gasteiger partial charge on any atom is -0.439 e. The fourth-order valence-corrected chi connectivity index (χ4v) is 2.07. The number of nitrogens with one attached hydrogen (secondary N) is 1. The second-order valence-corrected chi connectivity index (χ2v) is 5.35. The summed E-state index contributed by atoms with van der Waals surface area (Å²) in [5.41, 5.74) is 2.22. The van der Waals surface area contributed by atoms with Crippen LogP contribution in [0.3, 0.4) is 0 Å². The Morgan fingerprint density at radius 3 is 2.33 bits per heavy atom. The quantitative estimate of drug-likeness (QED) is 0.889. The predicted octanol–water partition coefficient (Wildman–Crippen LogP) is 4.30. The van der Waals surface area contributed by atoms with Gasteiger partial charge in [-0.05, 0) is 30.5 Å². The van der Waals surface area contributed by atoms with Gasteiger partial charge in [0, 0.05) is 13.5 Å². The van der Waals surface area contributed by atoms with Crippen LogP contribution in [0.1, 0.15) is 43.6 Å². The number of hydrogen-bond donors (Lipinski definition) is 1. The van der Waals surface area contributed by atoms with Crippen molar-refractivity contribution in [3.05, 3.63) is 41.2 Å². The van der Waals surface area contributed by atoms with E-state index in [4.69, 9.17) is 4.74 Å². The molecule has 0 radical (unpaired) electrons. The van der Waals surface area contributed by atoms with Crippen LogP contribution < -0.4 is 10.1 Å². The van der Waals surface area contributed by atoms with Crippen molar-refractivity contribution in [2.45, 2.75) is 40.0 Å². The van der Waals surface area contributed by atoms with Gasteiger partial charge in [0.25, 0.3) is 0 Å². The van der Waals surface area contributed by atoms with Gasteiger partial charge in [0.2, 0.25) is 5.88 Å². The van der Waals surface area contributed by atoms with Crippen LogP contribution in [-0.2, 0) is 6.42 Å². The zero-order valence-electron chi connectivity index (χ0n) is 13.4. The summed E-state index contributed by atoms with van der Waals surface area (Å²) in [4.78, 5) is 8.93. The van der Waals surface area contributed by atoms with Gasteiger partial charge in [0.05, 0.1) is 5.56 Å². The second kappa shape index (κ2) is 6.57. The number of nitrogens with zero attached hydrogens (tertiary/aromatic N) is 2. The maximum Gasteiger partial charge on any atom is 0.227 e. The van der Waals surface area contributed by atoms with E-state index in [9.17, 15) is 0 Å². The van der Waals surface area contributed by atoms with E-state index in [-0.39, 0.29) is 0 Å². The topological polar surface area (TPSA) is 47.0 Å². The summed E-state index contributed by atoms with van der Waals surface area (Å²) in [6, 6.07) is 8.16. The Bertz CT molecular complexity index is 606. The monoisotopic (exact) mass is 285 g/mol. The molecule has 0 spiro atoms. The summed E-state index contributed by atoms with van der Waals surface area (Å²) in [5.74, 6) is 3.52. The second-order valence-electron chi connectivity index (χ2n) is 5.35. The molecule has 2 aromatic rings. The molecule has 0 aliphatic rings. The molecule has 1 heterocycles. The average Bonchev–Trinajstić information content (AvgIpc) is 2.49. The molecule has 0 aliphatic carbocycles. The van der Waals surface area contributed by atoms with Crippen molar-refractivity contribution in [1.29, 1.82) is 0 Å². The van der Waals surface area contributed by atoms with E-state index < -0.39 is 0 Å². The molecule has 0 saturated carbocycles. The zero-order chi connectivity index (χ0) is 15.4. The van der Waals surface area contributed by atoms with Gasteiger partial charge in [-0.1, -0.05) is 32.9 Å². The molecular weight excluding hydrogens is 262 g/mol. The standard InChI is InChI=1S/C17H23N3O/c1-6-15-19-16(18-5)12(4)17(20-15)21-14-9-7-13(8-10-14)11(2)3/h7-11H,6H2,1-5H3,(H,18,19,20). The molecule has 0 atom stereocenters. The lowest BCUT2D eigenvalue weighted by Gasteiger charge is -2.13. The fourth-order valence-electron chi connectivity index (χ4n) is 2.07. The smallest absolute Gasteiger partial charge is 0.227 e. The summed E-state index contributed by atoms with van der Waals surface area (Å²) in [6.45, 7) is 8.35. The summed E-state index contributed by atoms with van der Waals surface area (Å²) in [7, 11) is 1.86. The van der Waals surface area contributed by atoms with Crippen LogP contribution in [0.5, 0.6) is 11.6 Å². The lowest BCUT2D eigenvalue weighted by Crippen LogP contribution is -2.04. The van der Waals surface area contributed by atoms with Crippen molar-refractivity contribution < 1.29 is 4.74 Å². The highest BCUT2D eigenvalue weighted by Gasteiger charge is 2.11. The number of anilines is 1. The largest absolute Gasteiger partial charge is 0.439 e. The van der Waals surface area contributed by atoms with Crippen molar-refractivity contribution in [3.8, 4) is 11.6 Å². The van der Waals surface area contributed by atoms with Gasteiger partial charge in [0.15, 0.2) is 0 Å². The van der Waals surface area contributed by atoms with E-state index in [2.05, 4.69) is 41.3 Å². The van der Waals surface area contributed by atoms with Crippen molar-refractivity contribution >= 4 is 5.82 Å². The molecule has 0 aliphatic heterocycles. The van der Waals surface area contributed by atoms with Crippen molar-refractivity contribution in [3.63, 3.8) is 0 Å². The lowest BCUT2D eigenvalue weighted by molar-refractivity contribution is 0.455. The van der Waals surface area contributed by atoms with E-state index in [0.717, 1.165) is 29.4 Å². The Labute approximate surface area is 126 Å². The minimum atomic E-state index is 0.516. The first-order valence-electron chi connectivity index (χ1n) is 7.38. The number of aryl methyl sites for hydroxylation is 1. The highest BCUT2D eigenvalue weighted by Crippen LogP contribution is 2.28. The van der Waals surface area contributed by atoms with E-state index >= 15 is 0 Å². The summed E-state index contributed by atoms with van der Waals surface area (Å²) in [5, 5.41) is 3.09. The predicted molar refractivity (Wildman–Crippen MR) is 86.3 cm³/mol. The lowest BCUT2D eigenvalue weighted by atomic mass is 10.0. The minimum absolute atomic E-state index is 0.516. The van der Waals surface area contributed by atoms with Crippen molar-refractivity contribution in [2.75, 3.05) is 12.4 Å². The van der Waals surface area contributed by atoms with Crippen LogP contribution in [0.4, 0.5) is 5.82 Å². The van der Waals surface area contributed by atoms with Crippen LogP contribution in [-0.4, -0.2) is 17.0 Å². The molecule has 0 amide bonds. The van der Waals surface area contributed by atoms with Gasteiger partial charge in [-0.2, -0.15) is 4.98 Å². The summed E-state index contributed by atoms with van der Waals surface area (Å²) < 4.78 is 5.94. The number of hydrogen-bond acceptors (Lipinski definition) is 4. The number of aromatic nitrogens is 2. The van der Waals surface area contributed by atoms with E-state index in [1.165, 1.54) is 5.56 Å². The van der Waals surface area contributed by atoms with E-state index in [1.54, 1.807) is 0 Å². The zero-order valence-corrected chi connectivity index (χ0v) is 13.4. The molecule has 0 saturated heterocycles. The summed E-state index contributed by atoms with van der Waals surface area (Å²) in [6.07, 6.45) is 0.775. The molecule has 4 nitrogen and oxygen atoms in total. The Morgan fingerprint density at radius 2 is 1.81 bits per heavy atom. The number of rotatable bonds is 5. The first-order valence-corrected chi connectivity index (χ1v) is 7.38. The average molecular weight is 285 g/mol. The van der Waals surface area contributed by atoms with Gasteiger partial charge in [-0.15, -0.1) is 0 Å². The van der Waals surface area contributed by atoms with Gasteiger partial charge in [-0.25, -0.2) is 4.98 Å². The van der Waals surface area contributed by atoms with Crippen LogP contribution in [0.15, 0.2) is 24.3 Å². The third kappa shape index (κ3) is 3.51.